The molecule has 6 heteroatoms. The van der Waals surface area contributed by atoms with Gasteiger partial charge < -0.3 is 13.5 Å². The largest absolute Gasteiger partial charge is 0.508 e. The van der Waals surface area contributed by atoms with Crippen LogP contribution >= 0.6 is 0 Å². The maximum atomic E-state index is 10.4. The zero-order valence-electron chi connectivity index (χ0n) is 9.21. The molecule has 0 aliphatic carbocycles. The molecule has 1 aromatic rings. The van der Waals surface area contributed by atoms with Gasteiger partial charge in [-0.1, -0.05) is 23.3 Å². The van der Waals surface area contributed by atoms with E-state index >= 15 is 0 Å². The van der Waals surface area contributed by atoms with Gasteiger partial charge in [0.25, 0.3) is 0 Å². The highest BCUT2D eigenvalue weighted by Crippen LogP contribution is 2.33. The lowest BCUT2D eigenvalue weighted by Gasteiger charge is -2.27. The molecule has 1 aliphatic rings. The van der Waals surface area contributed by atoms with E-state index in [1.54, 1.807) is 12.1 Å². The van der Waals surface area contributed by atoms with E-state index in [2.05, 4.69) is 3.93 Å². The third kappa shape index (κ3) is 3.40. The molecule has 0 radical (unpaired) electrons. The summed E-state index contributed by atoms with van der Waals surface area (Å²) >= 11 is -3.17. The fourth-order valence-corrected chi connectivity index (χ4v) is 2.77. The van der Waals surface area contributed by atoms with Gasteiger partial charge in [-0.05, 0) is 30.4 Å². The molecule has 1 saturated heterocycles. The van der Waals surface area contributed by atoms with E-state index in [0.717, 1.165) is 18.4 Å². The molecule has 1 fully saturated rings. The summed E-state index contributed by atoms with van der Waals surface area (Å²) in [6.45, 7) is 1.14. The number of aromatic hydroxyl groups is 1. The van der Waals surface area contributed by atoms with Crippen molar-refractivity contribution in [1.29, 1.82) is 0 Å². The van der Waals surface area contributed by atoms with E-state index < -0.39 is 14.8 Å². The number of hydrogen-bond acceptors (Lipinski definition) is 5. The number of piperidine rings is 1. The second-order valence-corrected chi connectivity index (χ2v) is 5.10. The van der Waals surface area contributed by atoms with Crippen LogP contribution in [0.3, 0.4) is 0 Å². The average molecular weight is 304 g/mol. The number of rotatable bonds is 3. The SMILES string of the molecule is [O-][Br+2]([O-])ON1CCC(c2ccccc2O)CC1. The van der Waals surface area contributed by atoms with Crippen molar-refractivity contribution in [3.63, 3.8) is 0 Å². The van der Waals surface area contributed by atoms with Crippen LogP contribution in [-0.2, 0) is 3.93 Å². The highest BCUT2D eigenvalue weighted by molar-refractivity contribution is 5.35. The van der Waals surface area contributed by atoms with Crippen LogP contribution in [-0.4, -0.2) is 23.3 Å². The van der Waals surface area contributed by atoms with E-state index in [0.29, 0.717) is 18.8 Å². The highest BCUT2D eigenvalue weighted by atomic mass is 80.0. The van der Waals surface area contributed by atoms with Crippen LogP contribution in [0.15, 0.2) is 24.3 Å². The van der Waals surface area contributed by atoms with Crippen molar-refractivity contribution in [2.45, 2.75) is 18.8 Å². The Bertz CT molecular complexity index is 366. The predicted molar refractivity (Wildman–Crippen MR) is 52.7 cm³/mol. The van der Waals surface area contributed by atoms with Crippen LogP contribution < -0.4 is 8.40 Å². The third-order valence-corrected chi connectivity index (χ3v) is 3.63. The molecule has 1 N–H and O–H groups in total. The Balaban J connectivity index is 1.93. The summed E-state index contributed by atoms with van der Waals surface area (Å²) < 4.78 is 25.6. The van der Waals surface area contributed by atoms with Crippen LogP contribution in [0.1, 0.15) is 24.3 Å². The summed E-state index contributed by atoms with van der Waals surface area (Å²) in [5.41, 5.74) is 0.933. The van der Waals surface area contributed by atoms with E-state index in [4.69, 9.17) is 0 Å². The normalized spacial score (nSPS) is 18.8. The van der Waals surface area contributed by atoms with Crippen LogP contribution in [0.2, 0.25) is 0 Å². The van der Waals surface area contributed by atoms with Crippen LogP contribution in [0, 0.1) is 14.8 Å². The Kier molecular flexibility index (Phi) is 4.36. The van der Waals surface area contributed by atoms with Crippen molar-refractivity contribution in [3.8, 4) is 5.75 Å². The van der Waals surface area contributed by atoms with E-state index in [1.807, 2.05) is 12.1 Å². The minimum absolute atomic E-state index is 0.269. The zero-order valence-corrected chi connectivity index (χ0v) is 10.8. The summed E-state index contributed by atoms with van der Waals surface area (Å²) in [6.07, 6.45) is 1.57. The van der Waals surface area contributed by atoms with Crippen LogP contribution in [0.25, 0.3) is 0 Å². The molecule has 17 heavy (non-hydrogen) atoms. The lowest BCUT2D eigenvalue weighted by atomic mass is 9.89. The molecule has 0 spiro atoms. The molecule has 1 aliphatic heterocycles. The minimum Gasteiger partial charge on any atom is -0.508 e. The van der Waals surface area contributed by atoms with E-state index in [9.17, 15) is 13.5 Å². The molecule has 0 amide bonds. The molecule has 1 heterocycles. The second kappa shape index (κ2) is 5.79. The molecular weight excluding hydrogens is 290 g/mol. The number of para-hydroxylation sites is 1. The number of benzene rings is 1. The maximum Gasteiger partial charge on any atom is 0.464 e. The first-order valence-electron chi connectivity index (χ1n) is 5.43. The monoisotopic (exact) mass is 303 g/mol. The van der Waals surface area contributed by atoms with Gasteiger partial charge in [-0.15, -0.1) is 0 Å². The lowest BCUT2D eigenvalue weighted by Crippen LogP contribution is -2.43. The smallest absolute Gasteiger partial charge is 0.464 e. The molecule has 5 nitrogen and oxygen atoms in total. The maximum absolute atomic E-state index is 10.4. The molecule has 1 aromatic carbocycles. The van der Waals surface area contributed by atoms with Crippen molar-refractivity contribution in [1.82, 2.24) is 5.06 Å². The fraction of sp³-hybridized carbons (Fsp3) is 0.455. The first-order chi connectivity index (χ1) is 8.16. The average Bonchev–Trinajstić information content (AvgIpc) is 2.30. The molecule has 2 rings (SSSR count). The van der Waals surface area contributed by atoms with Gasteiger partial charge in [0.1, 0.15) is 5.75 Å². The zero-order chi connectivity index (χ0) is 12.3. The van der Waals surface area contributed by atoms with Crippen LogP contribution in [0.4, 0.5) is 0 Å². The van der Waals surface area contributed by atoms with Gasteiger partial charge in [-0.2, -0.15) is 0 Å². The summed E-state index contributed by atoms with van der Waals surface area (Å²) in [7, 11) is 0. The fourth-order valence-electron chi connectivity index (χ4n) is 2.15. The van der Waals surface area contributed by atoms with Gasteiger partial charge in [0.2, 0.25) is 0 Å². The minimum atomic E-state index is -3.17. The van der Waals surface area contributed by atoms with Gasteiger partial charge >= 0.3 is 14.8 Å². The number of phenolic OH excluding ortho intramolecular Hbond substituents is 1. The Hall–Kier alpha value is -0.660. The number of halogens is 1. The van der Waals surface area contributed by atoms with Crippen molar-refractivity contribution >= 4 is 0 Å². The molecule has 0 saturated carbocycles. The Labute approximate surface area is 105 Å². The van der Waals surface area contributed by atoms with Gasteiger partial charge in [-0.25, -0.2) is 0 Å². The Morgan fingerprint density at radius 1 is 1.24 bits per heavy atom. The third-order valence-electron chi connectivity index (χ3n) is 2.98. The van der Waals surface area contributed by atoms with Crippen LogP contribution in [0.5, 0.6) is 5.75 Å². The highest BCUT2D eigenvalue weighted by Gasteiger charge is 2.28. The molecule has 0 atom stereocenters. The number of hydroxylamine groups is 2. The first kappa shape index (κ1) is 12.8. The standard InChI is InChI=1S/C11H14BrNO4/c14-11-4-2-1-3-10(11)9-5-7-13(8-6-9)17-12(15)16/h1-4,9,14H,5-8H2. The van der Waals surface area contributed by atoms with Crippen molar-refractivity contribution in [2.75, 3.05) is 13.1 Å². The van der Waals surface area contributed by atoms with Gasteiger partial charge in [0.15, 0.2) is 0 Å². The van der Waals surface area contributed by atoms with Crippen molar-refractivity contribution in [3.05, 3.63) is 29.8 Å². The summed E-state index contributed by atoms with van der Waals surface area (Å²) in [5, 5.41) is 11.2. The van der Waals surface area contributed by atoms with Crippen molar-refractivity contribution < 1.29 is 32.2 Å². The van der Waals surface area contributed by atoms with Crippen molar-refractivity contribution in [2.24, 2.45) is 0 Å². The first-order valence-corrected chi connectivity index (χ1v) is 7.38. The Morgan fingerprint density at radius 3 is 2.47 bits per heavy atom. The Morgan fingerprint density at radius 2 is 1.88 bits per heavy atom. The number of nitrogens with zero attached hydrogens (tertiary/aromatic N) is 1. The summed E-state index contributed by atoms with van der Waals surface area (Å²) in [4.78, 5) is 0. The van der Waals surface area contributed by atoms with Gasteiger partial charge in [0.05, 0.1) is 3.93 Å². The lowest BCUT2D eigenvalue weighted by molar-refractivity contribution is -1.64. The topological polar surface area (TPSA) is 78.8 Å². The number of hydrogen-bond donors (Lipinski definition) is 1. The van der Waals surface area contributed by atoms with Gasteiger partial charge in [0, 0.05) is 13.1 Å². The van der Waals surface area contributed by atoms with E-state index in [-0.39, 0.29) is 5.92 Å². The summed E-state index contributed by atoms with van der Waals surface area (Å²) in [6, 6.07) is 7.27. The molecule has 0 unspecified atom stereocenters. The molecule has 0 aromatic heterocycles. The van der Waals surface area contributed by atoms with E-state index in [1.165, 1.54) is 5.06 Å². The number of phenols is 1. The predicted octanol–water partition coefficient (Wildman–Crippen LogP) is -0.411. The molecular formula is C11H14BrNO4. The summed E-state index contributed by atoms with van der Waals surface area (Å²) in [5.74, 6) is 0.578. The quantitative estimate of drug-likeness (QED) is 0.821. The molecule has 0 bridgehead atoms. The van der Waals surface area contributed by atoms with Gasteiger partial charge in [-0.3, -0.25) is 0 Å². The second-order valence-electron chi connectivity index (χ2n) is 4.02. The molecule has 94 valence electrons.